The van der Waals surface area contributed by atoms with Crippen molar-refractivity contribution < 1.29 is 23.6 Å². The smallest absolute Gasteiger partial charge is 0.343 e. The predicted octanol–water partition coefficient (Wildman–Crippen LogP) is 2.77. The molecule has 0 unspecified atom stereocenters. The van der Waals surface area contributed by atoms with Gasteiger partial charge in [-0.1, -0.05) is 17.7 Å². The summed E-state index contributed by atoms with van der Waals surface area (Å²) in [6, 6.07) is 9.54. The molecule has 0 atom stereocenters. The first-order chi connectivity index (χ1) is 12.9. The highest BCUT2D eigenvalue weighted by Crippen LogP contribution is 2.19. The number of rotatable bonds is 8. The summed E-state index contributed by atoms with van der Waals surface area (Å²) < 4.78 is 18.3. The molecule has 0 aromatic heterocycles. The van der Waals surface area contributed by atoms with Crippen LogP contribution in [-0.4, -0.2) is 36.5 Å². The van der Waals surface area contributed by atoms with Crippen molar-refractivity contribution in [1.29, 1.82) is 0 Å². The van der Waals surface area contributed by atoms with Crippen molar-refractivity contribution in [2.24, 2.45) is 0 Å². The highest BCUT2D eigenvalue weighted by Gasteiger charge is 2.18. The largest absolute Gasteiger partial charge is 0.452 e. The lowest BCUT2D eigenvalue weighted by atomic mass is 10.2. The average Bonchev–Trinajstić information content (AvgIpc) is 2.63. The number of nitro benzene ring substituents is 1. The molecule has 2 aromatic carbocycles. The van der Waals surface area contributed by atoms with E-state index in [4.69, 9.17) is 16.3 Å². The zero-order chi connectivity index (χ0) is 19.8. The minimum absolute atomic E-state index is 0.0226. The summed E-state index contributed by atoms with van der Waals surface area (Å²) in [5.41, 5.74) is 0.202. The van der Waals surface area contributed by atoms with Crippen LogP contribution in [0.25, 0.3) is 0 Å². The van der Waals surface area contributed by atoms with Crippen LogP contribution in [0.15, 0.2) is 42.5 Å². The third kappa shape index (κ3) is 5.93. The number of amides is 1. The first-order valence-corrected chi connectivity index (χ1v) is 8.12. The van der Waals surface area contributed by atoms with Crippen molar-refractivity contribution in [3.8, 4) is 0 Å². The molecule has 0 aliphatic heterocycles. The fourth-order valence-corrected chi connectivity index (χ4v) is 2.30. The summed E-state index contributed by atoms with van der Waals surface area (Å²) in [5, 5.41) is 15.9. The molecule has 1 amide bonds. The van der Waals surface area contributed by atoms with Gasteiger partial charge in [-0.3, -0.25) is 14.9 Å². The molecule has 0 heterocycles. The van der Waals surface area contributed by atoms with Crippen LogP contribution in [0.3, 0.4) is 0 Å². The van der Waals surface area contributed by atoms with E-state index in [1.807, 2.05) is 0 Å². The molecular formula is C17H15ClFN3O5. The topological polar surface area (TPSA) is 111 Å². The Bertz CT molecular complexity index is 825. The first kappa shape index (κ1) is 20.1. The van der Waals surface area contributed by atoms with Gasteiger partial charge in [-0.05, 0) is 24.3 Å². The Morgan fingerprint density at radius 3 is 2.48 bits per heavy atom. The van der Waals surface area contributed by atoms with Gasteiger partial charge in [-0.2, -0.15) is 0 Å². The van der Waals surface area contributed by atoms with Crippen LogP contribution in [0.2, 0.25) is 5.02 Å². The Hall–Kier alpha value is -3.20. The van der Waals surface area contributed by atoms with E-state index in [9.17, 15) is 24.1 Å². The quantitative estimate of drug-likeness (QED) is 0.308. The second-order valence-corrected chi connectivity index (χ2v) is 5.66. The zero-order valence-corrected chi connectivity index (χ0v) is 14.7. The molecule has 0 fully saturated rings. The molecule has 0 saturated heterocycles. The molecular weight excluding hydrogens is 381 g/mol. The minimum Gasteiger partial charge on any atom is -0.452 e. The average molecular weight is 396 g/mol. The van der Waals surface area contributed by atoms with Crippen molar-refractivity contribution in [2.45, 2.75) is 0 Å². The van der Waals surface area contributed by atoms with Gasteiger partial charge in [0.25, 0.3) is 11.6 Å². The van der Waals surface area contributed by atoms with Crippen molar-refractivity contribution in [2.75, 3.05) is 25.0 Å². The number of ether oxygens (including phenoxy) is 1. The number of hydrogen-bond acceptors (Lipinski definition) is 6. The first-order valence-electron chi connectivity index (χ1n) is 7.74. The zero-order valence-electron chi connectivity index (χ0n) is 13.9. The second kappa shape index (κ2) is 9.48. The van der Waals surface area contributed by atoms with Crippen LogP contribution in [-0.2, 0) is 9.53 Å². The molecule has 2 N–H and O–H groups in total. The van der Waals surface area contributed by atoms with Gasteiger partial charge < -0.3 is 15.4 Å². The molecule has 2 rings (SSSR count). The lowest BCUT2D eigenvalue weighted by Gasteiger charge is -2.09. The minimum atomic E-state index is -1.03. The van der Waals surface area contributed by atoms with Gasteiger partial charge in [0.2, 0.25) is 0 Å². The molecule has 2 aromatic rings. The van der Waals surface area contributed by atoms with Crippen LogP contribution in [0.4, 0.5) is 15.8 Å². The normalized spacial score (nSPS) is 10.1. The fourth-order valence-electron chi connectivity index (χ4n) is 2.06. The standard InChI is InChI=1S/C17H15ClFN3O5/c18-13-2-1-3-14(19)16(13)17(24)27-10-15(23)21-9-8-20-11-4-6-12(7-5-11)22(25)26/h1-7,20H,8-10H2,(H,21,23). The summed E-state index contributed by atoms with van der Waals surface area (Å²) >= 11 is 5.74. The van der Waals surface area contributed by atoms with Crippen LogP contribution >= 0.6 is 11.6 Å². The number of nitrogens with one attached hydrogen (secondary N) is 2. The van der Waals surface area contributed by atoms with Crippen molar-refractivity contribution >= 4 is 34.9 Å². The maximum absolute atomic E-state index is 13.6. The fraction of sp³-hybridized carbons (Fsp3) is 0.176. The Balaban J connectivity index is 1.70. The Morgan fingerprint density at radius 1 is 1.15 bits per heavy atom. The maximum Gasteiger partial charge on any atom is 0.343 e. The van der Waals surface area contributed by atoms with E-state index in [1.54, 1.807) is 12.1 Å². The number of carbonyl (C=O) groups excluding carboxylic acids is 2. The molecule has 0 bridgehead atoms. The monoisotopic (exact) mass is 395 g/mol. The number of benzene rings is 2. The highest BCUT2D eigenvalue weighted by molar-refractivity contribution is 6.33. The van der Waals surface area contributed by atoms with Crippen LogP contribution in [0.1, 0.15) is 10.4 Å². The van der Waals surface area contributed by atoms with E-state index < -0.39 is 34.8 Å². The number of anilines is 1. The lowest BCUT2D eigenvalue weighted by Crippen LogP contribution is -2.32. The summed E-state index contributed by atoms with van der Waals surface area (Å²) in [7, 11) is 0. The molecule has 142 valence electrons. The number of hydrogen-bond donors (Lipinski definition) is 2. The van der Waals surface area contributed by atoms with E-state index in [2.05, 4.69) is 10.6 Å². The highest BCUT2D eigenvalue weighted by atomic mass is 35.5. The number of nitrogens with zero attached hydrogens (tertiary/aromatic N) is 1. The Labute approximate surface area is 158 Å². The van der Waals surface area contributed by atoms with E-state index in [1.165, 1.54) is 24.3 Å². The number of non-ortho nitro benzene ring substituents is 1. The van der Waals surface area contributed by atoms with Gasteiger partial charge in [0.05, 0.1) is 9.95 Å². The molecule has 0 aliphatic carbocycles. The predicted molar refractivity (Wildman–Crippen MR) is 96.3 cm³/mol. The van der Waals surface area contributed by atoms with Gasteiger partial charge in [0.15, 0.2) is 6.61 Å². The molecule has 0 saturated carbocycles. The van der Waals surface area contributed by atoms with Crippen molar-refractivity contribution in [3.05, 3.63) is 69.0 Å². The Kier molecular flexibility index (Phi) is 7.07. The van der Waals surface area contributed by atoms with Gasteiger partial charge in [0, 0.05) is 30.9 Å². The Morgan fingerprint density at radius 2 is 1.85 bits per heavy atom. The van der Waals surface area contributed by atoms with E-state index in [-0.39, 0.29) is 17.3 Å². The lowest BCUT2D eigenvalue weighted by molar-refractivity contribution is -0.384. The van der Waals surface area contributed by atoms with Gasteiger partial charge in [-0.25, -0.2) is 9.18 Å². The summed E-state index contributed by atoms with van der Waals surface area (Å²) in [5.74, 6) is -2.43. The molecule has 27 heavy (non-hydrogen) atoms. The molecule has 8 nitrogen and oxygen atoms in total. The van der Waals surface area contributed by atoms with Gasteiger partial charge in [-0.15, -0.1) is 0 Å². The molecule has 0 aliphatic rings. The van der Waals surface area contributed by atoms with Crippen molar-refractivity contribution in [3.63, 3.8) is 0 Å². The van der Waals surface area contributed by atoms with E-state index in [0.29, 0.717) is 12.2 Å². The van der Waals surface area contributed by atoms with Gasteiger partial charge in [0.1, 0.15) is 11.4 Å². The van der Waals surface area contributed by atoms with Crippen LogP contribution < -0.4 is 10.6 Å². The third-order valence-electron chi connectivity index (χ3n) is 3.36. The third-order valence-corrected chi connectivity index (χ3v) is 3.67. The van der Waals surface area contributed by atoms with E-state index in [0.717, 1.165) is 6.07 Å². The van der Waals surface area contributed by atoms with Crippen molar-refractivity contribution in [1.82, 2.24) is 5.32 Å². The van der Waals surface area contributed by atoms with Crippen LogP contribution in [0.5, 0.6) is 0 Å². The summed E-state index contributed by atoms with van der Waals surface area (Å²) in [6.45, 7) is -0.0223. The number of carbonyl (C=O) groups is 2. The summed E-state index contributed by atoms with van der Waals surface area (Å²) in [4.78, 5) is 33.5. The molecule has 10 heteroatoms. The second-order valence-electron chi connectivity index (χ2n) is 5.25. The number of halogens is 2. The van der Waals surface area contributed by atoms with E-state index >= 15 is 0 Å². The molecule has 0 spiro atoms. The molecule has 0 radical (unpaired) electrons. The number of nitro groups is 1. The SMILES string of the molecule is O=C(COC(=O)c1c(F)cccc1Cl)NCCNc1ccc([N+](=O)[O-])cc1. The summed E-state index contributed by atoms with van der Waals surface area (Å²) in [6.07, 6.45) is 0. The van der Waals surface area contributed by atoms with Gasteiger partial charge >= 0.3 is 5.97 Å². The maximum atomic E-state index is 13.6. The van der Waals surface area contributed by atoms with Crippen LogP contribution in [0, 0.1) is 15.9 Å². The number of esters is 1.